The summed E-state index contributed by atoms with van der Waals surface area (Å²) >= 11 is 1.47. The standard InChI is InChI=1S/C17H22O4S/c1-4-8-13-17(2,11-14(18)20-3)15(16(19)21-13)22-12-9-6-5-7-10-12/h5-7,9-10,13,15H,4,8,11H2,1-3H3/t13-,15+,17-/m1/s1. The van der Waals surface area contributed by atoms with Gasteiger partial charge in [-0.1, -0.05) is 38.5 Å². The molecule has 1 aliphatic rings. The van der Waals surface area contributed by atoms with Crippen LogP contribution in [0.25, 0.3) is 0 Å². The van der Waals surface area contributed by atoms with Gasteiger partial charge in [0, 0.05) is 10.3 Å². The number of methoxy groups -OCH3 is 1. The van der Waals surface area contributed by atoms with Crippen LogP contribution in [0, 0.1) is 5.41 Å². The summed E-state index contributed by atoms with van der Waals surface area (Å²) in [6.07, 6.45) is 1.60. The van der Waals surface area contributed by atoms with Crippen LogP contribution in [-0.2, 0) is 19.1 Å². The second-order valence-corrected chi connectivity index (χ2v) is 6.96. The van der Waals surface area contributed by atoms with E-state index in [4.69, 9.17) is 9.47 Å². The summed E-state index contributed by atoms with van der Waals surface area (Å²) in [6.45, 7) is 4.00. The van der Waals surface area contributed by atoms with Crippen molar-refractivity contribution in [3.05, 3.63) is 30.3 Å². The fourth-order valence-electron chi connectivity index (χ4n) is 2.83. The maximum absolute atomic E-state index is 12.4. The van der Waals surface area contributed by atoms with Crippen molar-refractivity contribution in [2.45, 2.75) is 49.4 Å². The first-order valence-electron chi connectivity index (χ1n) is 7.50. The number of cyclic esters (lactones) is 1. The molecule has 4 nitrogen and oxygen atoms in total. The molecule has 1 saturated heterocycles. The summed E-state index contributed by atoms with van der Waals surface area (Å²) in [6, 6.07) is 9.73. The number of ether oxygens (including phenoxy) is 2. The Hall–Kier alpha value is -1.49. The maximum atomic E-state index is 12.4. The first-order valence-corrected chi connectivity index (χ1v) is 8.38. The van der Waals surface area contributed by atoms with Gasteiger partial charge in [-0.3, -0.25) is 9.59 Å². The molecule has 3 atom stereocenters. The van der Waals surface area contributed by atoms with Gasteiger partial charge in [0.15, 0.2) is 0 Å². The van der Waals surface area contributed by atoms with Gasteiger partial charge in [-0.25, -0.2) is 0 Å². The van der Waals surface area contributed by atoms with Gasteiger partial charge in [0.1, 0.15) is 11.4 Å². The van der Waals surface area contributed by atoms with Crippen molar-refractivity contribution >= 4 is 23.7 Å². The Labute approximate surface area is 135 Å². The zero-order chi connectivity index (χ0) is 16.2. The normalized spacial score (nSPS) is 27.5. The van der Waals surface area contributed by atoms with Crippen LogP contribution in [0.15, 0.2) is 35.2 Å². The Balaban J connectivity index is 2.27. The highest BCUT2D eigenvalue weighted by Crippen LogP contribution is 2.48. The molecule has 0 radical (unpaired) electrons. The molecule has 5 heteroatoms. The highest BCUT2D eigenvalue weighted by molar-refractivity contribution is 8.00. The molecule has 0 spiro atoms. The molecule has 2 rings (SSSR count). The highest BCUT2D eigenvalue weighted by atomic mass is 32.2. The van der Waals surface area contributed by atoms with Gasteiger partial charge >= 0.3 is 11.9 Å². The van der Waals surface area contributed by atoms with Crippen molar-refractivity contribution in [3.8, 4) is 0 Å². The molecule has 0 aromatic heterocycles. The average molecular weight is 322 g/mol. The Morgan fingerprint density at radius 1 is 1.36 bits per heavy atom. The van der Waals surface area contributed by atoms with Crippen LogP contribution in [0.1, 0.15) is 33.1 Å². The van der Waals surface area contributed by atoms with Crippen LogP contribution < -0.4 is 0 Å². The van der Waals surface area contributed by atoms with Gasteiger partial charge in [-0.2, -0.15) is 0 Å². The number of thioether (sulfide) groups is 1. The Morgan fingerprint density at radius 2 is 2.05 bits per heavy atom. The van der Waals surface area contributed by atoms with E-state index in [0.717, 1.165) is 17.7 Å². The van der Waals surface area contributed by atoms with Crippen molar-refractivity contribution in [3.63, 3.8) is 0 Å². The molecule has 0 saturated carbocycles. The van der Waals surface area contributed by atoms with Crippen molar-refractivity contribution in [2.75, 3.05) is 7.11 Å². The monoisotopic (exact) mass is 322 g/mol. The Bertz CT molecular complexity index is 531. The van der Waals surface area contributed by atoms with E-state index in [0.29, 0.717) is 0 Å². The van der Waals surface area contributed by atoms with Gasteiger partial charge in [0.25, 0.3) is 0 Å². The van der Waals surface area contributed by atoms with E-state index >= 15 is 0 Å². The molecule has 0 N–H and O–H groups in total. The van der Waals surface area contributed by atoms with E-state index in [1.165, 1.54) is 18.9 Å². The first-order chi connectivity index (χ1) is 10.5. The van der Waals surface area contributed by atoms with E-state index in [-0.39, 0.29) is 24.5 Å². The SMILES string of the molecule is CCC[C@H]1OC(=O)[C@H](Sc2ccccc2)[C@]1(C)CC(=O)OC. The fraction of sp³-hybridized carbons (Fsp3) is 0.529. The molecular formula is C17H22O4S. The lowest BCUT2D eigenvalue weighted by Crippen LogP contribution is -2.38. The molecular weight excluding hydrogens is 300 g/mol. The zero-order valence-corrected chi connectivity index (χ0v) is 14.0. The van der Waals surface area contributed by atoms with Crippen molar-refractivity contribution < 1.29 is 19.1 Å². The predicted octanol–water partition coefficient (Wildman–Crippen LogP) is 3.44. The number of carbonyl (C=O) groups is 2. The van der Waals surface area contributed by atoms with Gasteiger partial charge < -0.3 is 9.47 Å². The number of hydrogen-bond donors (Lipinski definition) is 0. The largest absolute Gasteiger partial charge is 0.469 e. The van der Waals surface area contributed by atoms with E-state index in [2.05, 4.69) is 0 Å². The lowest BCUT2D eigenvalue weighted by Gasteiger charge is -2.31. The fourth-order valence-corrected chi connectivity index (χ4v) is 4.08. The molecule has 22 heavy (non-hydrogen) atoms. The molecule has 1 heterocycles. The third-order valence-electron chi connectivity index (χ3n) is 4.11. The lowest BCUT2D eigenvalue weighted by atomic mass is 9.78. The quantitative estimate of drug-likeness (QED) is 0.751. The second-order valence-electron chi connectivity index (χ2n) is 5.78. The molecule has 1 fully saturated rings. The minimum atomic E-state index is -0.555. The number of carbonyl (C=O) groups excluding carboxylic acids is 2. The van der Waals surface area contributed by atoms with Gasteiger partial charge in [-0.15, -0.1) is 11.8 Å². The molecule has 120 valence electrons. The molecule has 1 aromatic carbocycles. The van der Waals surface area contributed by atoms with Crippen LogP contribution in [0.5, 0.6) is 0 Å². The zero-order valence-electron chi connectivity index (χ0n) is 13.2. The second kappa shape index (κ2) is 7.18. The first kappa shape index (κ1) is 16.9. The molecule has 0 unspecified atom stereocenters. The summed E-state index contributed by atoms with van der Waals surface area (Å²) in [5, 5.41) is -0.398. The van der Waals surface area contributed by atoms with E-state index in [1.807, 2.05) is 44.2 Å². The highest BCUT2D eigenvalue weighted by Gasteiger charge is 2.55. The molecule has 0 bridgehead atoms. The van der Waals surface area contributed by atoms with Gasteiger partial charge in [0.2, 0.25) is 0 Å². The Kier molecular flexibility index (Phi) is 5.51. The van der Waals surface area contributed by atoms with Crippen LogP contribution in [0.2, 0.25) is 0 Å². The van der Waals surface area contributed by atoms with Crippen molar-refractivity contribution in [2.24, 2.45) is 5.41 Å². The van der Waals surface area contributed by atoms with E-state index in [1.54, 1.807) is 0 Å². The number of rotatable bonds is 6. The summed E-state index contributed by atoms with van der Waals surface area (Å²) < 4.78 is 10.4. The smallest absolute Gasteiger partial charge is 0.320 e. The van der Waals surface area contributed by atoms with Crippen molar-refractivity contribution in [1.82, 2.24) is 0 Å². The number of esters is 2. The summed E-state index contributed by atoms with van der Waals surface area (Å²) in [4.78, 5) is 25.2. The van der Waals surface area contributed by atoms with Crippen molar-refractivity contribution in [1.29, 1.82) is 0 Å². The van der Waals surface area contributed by atoms with Crippen LogP contribution >= 0.6 is 11.8 Å². The molecule has 1 aromatic rings. The Morgan fingerprint density at radius 3 is 2.64 bits per heavy atom. The average Bonchev–Trinajstić information content (AvgIpc) is 2.73. The van der Waals surface area contributed by atoms with Crippen LogP contribution in [0.4, 0.5) is 0 Å². The minimum Gasteiger partial charge on any atom is -0.469 e. The minimum absolute atomic E-state index is 0.185. The van der Waals surface area contributed by atoms with Gasteiger partial charge in [0.05, 0.1) is 13.5 Å². The molecule has 1 aliphatic heterocycles. The lowest BCUT2D eigenvalue weighted by molar-refractivity contribution is -0.146. The third kappa shape index (κ3) is 3.46. The molecule has 0 aliphatic carbocycles. The summed E-state index contributed by atoms with van der Waals surface area (Å²) in [7, 11) is 1.37. The maximum Gasteiger partial charge on any atom is 0.320 e. The van der Waals surface area contributed by atoms with E-state index in [9.17, 15) is 9.59 Å². The number of hydrogen-bond acceptors (Lipinski definition) is 5. The van der Waals surface area contributed by atoms with E-state index < -0.39 is 10.7 Å². The van der Waals surface area contributed by atoms with Gasteiger partial charge in [-0.05, 0) is 18.6 Å². The van der Waals surface area contributed by atoms with Crippen LogP contribution in [-0.4, -0.2) is 30.4 Å². The molecule has 0 amide bonds. The summed E-state index contributed by atoms with van der Waals surface area (Å²) in [5.74, 6) is -0.542. The summed E-state index contributed by atoms with van der Waals surface area (Å²) in [5.41, 5.74) is -0.555. The topological polar surface area (TPSA) is 52.6 Å². The van der Waals surface area contributed by atoms with Crippen LogP contribution in [0.3, 0.4) is 0 Å². The third-order valence-corrected chi connectivity index (χ3v) is 5.62. The predicted molar refractivity (Wildman–Crippen MR) is 85.6 cm³/mol. The number of benzene rings is 1.